The van der Waals surface area contributed by atoms with Crippen molar-refractivity contribution in [2.75, 3.05) is 19.7 Å². The smallest absolute Gasteiger partial charge is 0.232 e. The molecule has 0 spiro atoms. The minimum atomic E-state index is -0.0316. The van der Waals surface area contributed by atoms with Crippen LogP contribution in [0.25, 0.3) is 0 Å². The Morgan fingerprint density at radius 2 is 2.13 bits per heavy atom. The number of pyridine rings is 1. The van der Waals surface area contributed by atoms with Crippen LogP contribution < -0.4 is 5.32 Å². The SMILES string of the molecule is c1cncc([C@H]2OCC[C@@H]2c2nc(CC3CCNCC3)no2)c1. The minimum Gasteiger partial charge on any atom is -0.373 e. The van der Waals surface area contributed by atoms with Crippen molar-refractivity contribution in [3.8, 4) is 0 Å². The van der Waals surface area contributed by atoms with Crippen LogP contribution in [0.5, 0.6) is 0 Å². The predicted octanol–water partition coefficient (Wildman–Crippen LogP) is 2.25. The summed E-state index contributed by atoms with van der Waals surface area (Å²) in [6.07, 6.45) is 7.80. The van der Waals surface area contributed by atoms with Crippen molar-refractivity contribution in [3.63, 3.8) is 0 Å². The van der Waals surface area contributed by atoms with Gasteiger partial charge in [0, 0.05) is 25.4 Å². The molecule has 2 aromatic rings. The van der Waals surface area contributed by atoms with Crippen molar-refractivity contribution < 1.29 is 9.26 Å². The molecule has 4 rings (SSSR count). The van der Waals surface area contributed by atoms with E-state index in [0.29, 0.717) is 11.8 Å². The average molecular weight is 314 g/mol. The Morgan fingerprint density at radius 3 is 2.96 bits per heavy atom. The highest BCUT2D eigenvalue weighted by molar-refractivity contribution is 5.18. The van der Waals surface area contributed by atoms with E-state index in [4.69, 9.17) is 9.26 Å². The largest absolute Gasteiger partial charge is 0.373 e. The summed E-state index contributed by atoms with van der Waals surface area (Å²) in [7, 11) is 0. The van der Waals surface area contributed by atoms with Crippen LogP contribution in [0.15, 0.2) is 29.0 Å². The van der Waals surface area contributed by atoms with Crippen LogP contribution in [0.3, 0.4) is 0 Å². The van der Waals surface area contributed by atoms with E-state index >= 15 is 0 Å². The highest BCUT2D eigenvalue weighted by atomic mass is 16.5. The third kappa shape index (κ3) is 3.28. The lowest BCUT2D eigenvalue weighted by atomic mass is 9.94. The average Bonchev–Trinajstić information content (AvgIpc) is 3.25. The molecule has 0 unspecified atom stereocenters. The van der Waals surface area contributed by atoms with Crippen molar-refractivity contribution in [1.29, 1.82) is 0 Å². The zero-order chi connectivity index (χ0) is 15.5. The number of ether oxygens (including phenoxy) is 1. The molecule has 0 amide bonds. The van der Waals surface area contributed by atoms with Crippen LogP contribution >= 0.6 is 0 Å². The van der Waals surface area contributed by atoms with Gasteiger partial charge in [-0.15, -0.1) is 0 Å². The maximum absolute atomic E-state index is 5.89. The number of piperidine rings is 1. The molecular formula is C17H22N4O2. The Balaban J connectivity index is 1.47. The maximum Gasteiger partial charge on any atom is 0.232 e. The number of nitrogens with one attached hydrogen (secondary N) is 1. The summed E-state index contributed by atoms with van der Waals surface area (Å²) in [5.41, 5.74) is 1.08. The van der Waals surface area contributed by atoms with Gasteiger partial charge in [0.25, 0.3) is 0 Å². The molecule has 6 heteroatoms. The summed E-state index contributed by atoms with van der Waals surface area (Å²) in [4.78, 5) is 8.85. The zero-order valence-electron chi connectivity index (χ0n) is 13.1. The van der Waals surface area contributed by atoms with E-state index in [-0.39, 0.29) is 12.0 Å². The Labute approximate surface area is 135 Å². The zero-order valence-corrected chi connectivity index (χ0v) is 13.1. The quantitative estimate of drug-likeness (QED) is 0.933. The van der Waals surface area contributed by atoms with Crippen molar-refractivity contribution in [3.05, 3.63) is 41.8 Å². The molecule has 122 valence electrons. The fourth-order valence-corrected chi connectivity index (χ4v) is 3.56. The first-order valence-corrected chi connectivity index (χ1v) is 8.45. The summed E-state index contributed by atoms with van der Waals surface area (Å²) in [5, 5.41) is 7.59. The summed E-state index contributed by atoms with van der Waals surface area (Å²) in [5.74, 6) is 2.34. The van der Waals surface area contributed by atoms with Crippen LogP contribution in [0, 0.1) is 5.92 Å². The predicted molar refractivity (Wildman–Crippen MR) is 83.9 cm³/mol. The Hall–Kier alpha value is -1.79. The van der Waals surface area contributed by atoms with E-state index in [1.165, 1.54) is 12.8 Å². The van der Waals surface area contributed by atoms with Crippen molar-refractivity contribution in [2.45, 2.75) is 37.7 Å². The van der Waals surface area contributed by atoms with Gasteiger partial charge in [-0.1, -0.05) is 11.2 Å². The number of hydrogen-bond acceptors (Lipinski definition) is 6. The van der Waals surface area contributed by atoms with E-state index in [2.05, 4.69) is 20.4 Å². The van der Waals surface area contributed by atoms with Gasteiger partial charge in [0.2, 0.25) is 5.89 Å². The first-order valence-electron chi connectivity index (χ1n) is 8.45. The highest BCUT2D eigenvalue weighted by Gasteiger charge is 2.35. The van der Waals surface area contributed by atoms with Crippen molar-refractivity contribution in [1.82, 2.24) is 20.4 Å². The first-order chi connectivity index (χ1) is 11.4. The monoisotopic (exact) mass is 314 g/mol. The standard InChI is InChI=1S/C17H22N4O2/c1-2-13(11-19-6-1)16-14(5-9-22-16)17-20-15(21-23-17)10-12-3-7-18-8-4-12/h1-2,6,11-12,14,16,18H,3-5,7-10H2/t14-,16+/m0/s1. The molecule has 2 saturated heterocycles. The van der Waals surface area contributed by atoms with Crippen LogP contribution in [-0.4, -0.2) is 34.8 Å². The Morgan fingerprint density at radius 1 is 1.22 bits per heavy atom. The van der Waals surface area contributed by atoms with Gasteiger partial charge in [-0.25, -0.2) is 0 Å². The molecule has 0 radical (unpaired) electrons. The van der Waals surface area contributed by atoms with Gasteiger partial charge in [0.1, 0.15) is 0 Å². The fraction of sp³-hybridized carbons (Fsp3) is 0.588. The minimum absolute atomic E-state index is 0.0316. The van der Waals surface area contributed by atoms with Crippen LogP contribution in [0.4, 0.5) is 0 Å². The second-order valence-corrected chi connectivity index (χ2v) is 6.42. The summed E-state index contributed by atoms with van der Waals surface area (Å²) in [6.45, 7) is 2.90. The first kappa shape index (κ1) is 14.8. The van der Waals surface area contributed by atoms with Gasteiger partial charge in [-0.05, 0) is 49.9 Å². The lowest BCUT2D eigenvalue weighted by Gasteiger charge is -2.20. The second-order valence-electron chi connectivity index (χ2n) is 6.42. The van der Waals surface area contributed by atoms with E-state index in [1.54, 1.807) is 6.20 Å². The molecule has 2 aliphatic heterocycles. The van der Waals surface area contributed by atoms with Gasteiger partial charge in [0.15, 0.2) is 5.82 Å². The third-order valence-corrected chi connectivity index (χ3v) is 4.84. The number of rotatable bonds is 4. The van der Waals surface area contributed by atoms with Crippen molar-refractivity contribution >= 4 is 0 Å². The number of aromatic nitrogens is 3. The third-order valence-electron chi connectivity index (χ3n) is 4.84. The summed E-state index contributed by atoms with van der Waals surface area (Å²) >= 11 is 0. The molecule has 2 aromatic heterocycles. The molecule has 23 heavy (non-hydrogen) atoms. The van der Waals surface area contributed by atoms with Gasteiger partial charge in [-0.3, -0.25) is 4.98 Å². The number of nitrogens with zero attached hydrogens (tertiary/aromatic N) is 3. The lowest BCUT2D eigenvalue weighted by molar-refractivity contribution is 0.0983. The lowest BCUT2D eigenvalue weighted by Crippen LogP contribution is -2.28. The fourth-order valence-electron chi connectivity index (χ4n) is 3.56. The summed E-state index contributed by atoms with van der Waals surface area (Å²) < 4.78 is 11.5. The van der Waals surface area contributed by atoms with Gasteiger partial charge >= 0.3 is 0 Å². The summed E-state index contributed by atoms with van der Waals surface area (Å²) in [6, 6.07) is 3.98. The van der Waals surface area contributed by atoms with E-state index in [9.17, 15) is 0 Å². The van der Waals surface area contributed by atoms with Crippen LogP contribution in [0.2, 0.25) is 0 Å². The van der Waals surface area contributed by atoms with E-state index in [1.807, 2.05) is 18.3 Å². The molecule has 0 saturated carbocycles. The molecule has 1 N–H and O–H groups in total. The van der Waals surface area contributed by atoms with Gasteiger partial charge in [-0.2, -0.15) is 4.98 Å². The van der Waals surface area contributed by atoms with Gasteiger partial charge < -0.3 is 14.6 Å². The van der Waals surface area contributed by atoms with Gasteiger partial charge in [0.05, 0.1) is 12.0 Å². The van der Waals surface area contributed by atoms with Crippen molar-refractivity contribution in [2.24, 2.45) is 5.92 Å². The topological polar surface area (TPSA) is 73.1 Å². The molecule has 2 aliphatic rings. The normalized spacial score (nSPS) is 25.7. The molecule has 0 bridgehead atoms. The van der Waals surface area contributed by atoms with Crippen LogP contribution in [-0.2, 0) is 11.2 Å². The molecular weight excluding hydrogens is 292 g/mol. The second kappa shape index (κ2) is 6.76. The van der Waals surface area contributed by atoms with E-state index < -0.39 is 0 Å². The highest BCUT2D eigenvalue weighted by Crippen LogP contribution is 2.40. The van der Waals surface area contributed by atoms with Crippen LogP contribution in [0.1, 0.15) is 48.6 Å². The molecule has 6 nitrogen and oxygen atoms in total. The molecule has 0 aromatic carbocycles. The molecule has 2 atom stereocenters. The molecule has 2 fully saturated rings. The Bertz CT molecular complexity index is 625. The Kier molecular flexibility index (Phi) is 4.35. The molecule has 0 aliphatic carbocycles. The number of hydrogen-bond donors (Lipinski definition) is 1. The molecule has 4 heterocycles. The van der Waals surface area contributed by atoms with E-state index in [0.717, 1.165) is 43.9 Å². The maximum atomic E-state index is 5.89.